The van der Waals surface area contributed by atoms with Crippen molar-refractivity contribution in [3.63, 3.8) is 0 Å². The Labute approximate surface area is 242 Å². The predicted molar refractivity (Wildman–Crippen MR) is 159 cm³/mol. The summed E-state index contributed by atoms with van der Waals surface area (Å²) in [6.45, 7) is 13.3. The van der Waals surface area contributed by atoms with Crippen LogP contribution in [0.5, 0.6) is 0 Å². The number of hydrogen-bond donors (Lipinski definition) is 4. The first-order chi connectivity index (χ1) is 19.2. The van der Waals surface area contributed by atoms with Crippen molar-refractivity contribution < 1.29 is 19.5 Å². The van der Waals surface area contributed by atoms with Crippen LogP contribution in [0.1, 0.15) is 71.2 Å². The van der Waals surface area contributed by atoms with E-state index >= 15 is 0 Å². The van der Waals surface area contributed by atoms with Crippen LogP contribution < -0.4 is 21.2 Å². The molecule has 1 aromatic heterocycles. The summed E-state index contributed by atoms with van der Waals surface area (Å²) in [7, 11) is 0. The molecule has 10 nitrogen and oxygen atoms in total. The van der Waals surface area contributed by atoms with Crippen LogP contribution in [0.2, 0.25) is 0 Å². The van der Waals surface area contributed by atoms with Crippen LogP contribution in [-0.4, -0.2) is 58.3 Å². The van der Waals surface area contributed by atoms with Gasteiger partial charge in [-0.25, -0.2) is 5.43 Å². The molecule has 1 aliphatic rings. The van der Waals surface area contributed by atoms with Gasteiger partial charge >= 0.3 is 0 Å². The molecule has 3 atom stereocenters. The van der Waals surface area contributed by atoms with Gasteiger partial charge in [0.15, 0.2) is 0 Å². The van der Waals surface area contributed by atoms with E-state index in [4.69, 9.17) is 10.4 Å². The monoisotopic (exact) mass is 563 g/mol. The van der Waals surface area contributed by atoms with Gasteiger partial charge < -0.3 is 21.1 Å². The number of nitrogens with zero attached hydrogens (tertiary/aromatic N) is 2. The maximum atomic E-state index is 13.3. The number of hydrogen-bond acceptors (Lipinski definition) is 7. The number of fused-ring (bicyclic) bond motifs is 1. The van der Waals surface area contributed by atoms with Crippen LogP contribution in [0.15, 0.2) is 30.3 Å². The van der Waals surface area contributed by atoms with E-state index in [0.717, 1.165) is 28.6 Å². The maximum Gasteiger partial charge on any atom is 0.258 e. The van der Waals surface area contributed by atoms with Gasteiger partial charge in [0.1, 0.15) is 12.1 Å². The molecule has 41 heavy (non-hydrogen) atoms. The average Bonchev–Trinajstić information content (AvgIpc) is 2.93. The van der Waals surface area contributed by atoms with E-state index in [9.17, 15) is 19.5 Å². The van der Waals surface area contributed by atoms with Crippen LogP contribution in [0.4, 0.5) is 0 Å². The van der Waals surface area contributed by atoms with Gasteiger partial charge in [0.25, 0.3) is 5.91 Å². The van der Waals surface area contributed by atoms with Gasteiger partial charge in [0.2, 0.25) is 11.8 Å². The Morgan fingerprint density at radius 3 is 2.56 bits per heavy atom. The van der Waals surface area contributed by atoms with Crippen molar-refractivity contribution in [2.75, 3.05) is 6.54 Å². The van der Waals surface area contributed by atoms with Crippen molar-refractivity contribution in [2.45, 2.75) is 85.9 Å². The topological polar surface area (TPSA) is 150 Å². The quantitative estimate of drug-likeness (QED) is 0.258. The first-order valence-electron chi connectivity index (χ1n) is 14.3. The first kappa shape index (κ1) is 31.7. The summed E-state index contributed by atoms with van der Waals surface area (Å²) in [5, 5.41) is 26.7. The predicted octanol–water partition coefficient (Wildman–Crippen LogP) is 2.62. The molecule has 0 aliphatic carbocycles. The number of aryl methyl sites for hydroxylation is 2. The molecule has 1 aliphatic heterocycles. The van der Waals surface area contributed by atoms with Crippen LogP contribution in [-0.2, 0) is 20.8 Å². The highest BCUT2D eigenvalue weighted by Gasteiger charge is 2.33. The SMILES string of the molecule is CCc1nc2cc(/C=C/C(C)(C)C(=O)N[C@H](C(=O)N[C@@H](C)C(=O)N3CCC[C@@H](C(=N)[O-])N3)C(C)C)ccc2cc1C. The number of carbonyl (C=O) groups excluding carboxylic acids is 3. The van der Waals surface area contributed by atoms with Crippen LogP contribution in [0.25, 0.3) is 17.0 Å². The van der Waals surface area contributed by atoms with Gasteiger partial charge in [-0.3, -0.25) is 24.4 Å². The molecule has 3 amide bonds. The van der Waals surface area contributed by atoms with Gasteiger partial charge in [-0.1, -0.05) is 45.1 Å². The molecular formula is C31H43N6O4-. The van der Waals surface area contributed by atoms with Gasteiger partial charge in [0.05, 0.1) is 17.0 Å². The second kappa shape index (κ2) is 13.2. The maximum absolute atomic E-state index is 13.3. The molecular weight excluding hydrogens is 520 g/mol. The molecule has 1 saturated heterocycles. The van der Waals surface area contributed by atoms with Crippen molar-refractivity contribution in [3.8, 4) is 0 Å². The van der Waals surface area contributed by atoms with E-state index in [0.29, 0.717) is 19.4 Å². The summed E-state index contributed by atoms with van der Waals surface area (Å²) in [6, 6.07) is 5.66. The molecule has 2 heterocycles. The van der Waals surface area contributed by atoms with Crippen LogP contribution >= 0.6 is 0 Å². The highest BCUT2D eigenvalue weighted by molar-refractivity contribution is 5.94. The lowest BCUT2D eigenvalue weighted by atomic mass is 9.89. The van der Waals surface area contributed by atoms with Gasteiger partial charge in [-0.2, -0.15) is 0 Å². The number of amides is 3. The molecule has 0 spiro atoms. The zero-order valence-corrected chi connectivity index (χ0v) is 25.1. The Kier molecular flexibility index (Phi) is 10.3. The van der Waals surface area contributed by atoms with Crippen molar-refractivity contribution >= 4 is 40.6 Å². The number of aromatic nitrogens is 1. The van der Waals surface area contributed by atoms with E-state index in [1.165, 1.54) is 10.6 Å². The van der Waals surface area contributed by atoms with Crippen molar-refractivity contribution in [3.05, 3.63) is 47.2 Å². The Hall–Kier alpha value is -3.79. The Bertz CT molecular complexity index is 1340. The minimum Gasteiger partial charge on any atom is -0.861 e. The van der Waals surface area contributed by atoms with E-state index in [2.05, 4.69) is 36.0 Å². The van der Waals surface area contributed by atoms with Crippen LogP contribution in [0.3, 0.4) is 0 Å². The molecule has 1 aromatic carbocycles. The fourth-order valence-corrected chi connectivity index (χ4v) is 4.77. The summed E-state index contributed by atoms with van der Waals surface area (Å²) < 4.78 is 0. The number of nitrogens with one attached hydrogen (secondary N) is 4. The highest BCUT2D eigenvalue weighted by Crippen LogP contribution is 2.23. The fourth-order valence-electron chi connectivity index (χ4n) is 4.77. The van der Waals surface area contributed by atoms with Crippen molar-refractivity contribution in [2.24, 2.45) is 11.3 Å². The van der Waals surface area contributed by atoms with Crippen molar-refractivity contribution in [1.82, 2.24) is 26.1 Å². The lowest BCUT2D eigenvalue weighted by molar-refractivity contribution is -0.225. The zero-order chi connectivity index (χ0) is 30.5. The third-order valence-corrected chi connectivity index (χ3v) is 7.48. The Balaban J connectivity index is 1.66. The molecule has 4 N–H and O–H groups in total. The Morgan fingerprint density at radius 1 is 1.22 bits per heavy atom. The lowest BCUT2D eigenvalue weighted by Crippen LogP contribution is -2.62. The summed E-state index contributed by atoms with van der Waals surface area (Å²) in [5.74, 6) is -2.22. The van der Waals surface area contributed by atoms with Gasteiger partial charge in [0, 0.05) is 17.6 Å². The van der Waals surface area contributed by atoms with Gasteiger partial charge in [-0.05, 0) is 82.0 Å². The molecule has 0 saturated carbocycles. The molecule has 1 fully saturated rings. The third-order valence-electron chi connectivity index (χ3n) is 7.48. The van der Waals surface area contributed by atoms with Crippen LogP contribution in [0, 0.1) is 23.7 Å². The van der Waals surface area contributed by atoms with E-state index in [1.54, 1.807) is 20.8 Å². The molecule has 10 heteroatoms. The average molecular weight is 564 g/mol. The van der Waals surface area contributed by atoms with E-state index in [1.807, 2.05) is 44.2 Å². The van der Waals surface area contributed by atoms with E-state index in [-0.39, 0.29) is 11.8 Å². The summed E-state index contributed by atoms with van der Waals surface area (Å²) in [4.78, 5) is 44.2. The second-order valence-corrected chi connectivity index (χ2v) is 11.7. The molecule has 0 radical (unpaired) electrons. The second-order valence-electron chi connectivity index (χ2n) is 11.7. The summed E-state index contributed by atoms with van der Waals surface area (Å²) in [6.07, 6.45) is 5.62. The standard InChI is InChI=1S/C31H44N6O4/c1-8-23-19(4)16-22-12-11-21(17-25(22)34-23)13-14-31(6,7)30(41)35-26(18(2)3)28(39)33-20(5)29(40)37-15-9-10-24(36-37)27(32)38/h11-14,16-18,20,24,26,36H,8-10,15H2,1-7H3,(H2,32,38)(H,33,39)(H,35,41)/p-1/b14-13+/t20-,24-,26-/m0/s1. The van der Waals surface area contributed by atoms with Gasteiger partial charge in [-0.15, -0.1) is 0 Å². The normalized spacial score (nSPS) is 17.5. The zero-order valence-electron chi connectivity index (χ0n) is 25.1. The molecule has 222 valence electrons. The first-order valence-corrected chi connectivity index (χ1v) is 14.3. The fraction of sp³-hybridized carbons (Fsp3) is 0.516. The number of carbonyl (C=O) groups is 3. The molecule has 3 rings (SSSR count). The minimum atomic E-state index is -0.922. The largest absolute Gasteiger partial charge is 0.861 e. The highest BCUT2D eigenvalue weighted by atomic mass is 16.3. The third kappa shape index (κ3) is 7.91. The lowest BCUT2D eigenvalue weighted by Gasteiger charge is -2.37. The number of benzene rings is 1. The smallest absolute Gasteiger partial charge is 0.258 e. The molecule has 0 unspecified atom stereocenters. The Morgan fingerprint density at radius 2 is 1.93 bits per heavy atom. The molecule has 2 aromatic rings. The number of rotatable bonds is 10. The van der Waals surface area contributed by atoms with Crippen molar-refractivity contribution in [1.29, 1.82) is 5.41 Å². The summed E-state index contributed by atoms with van der Waals surface area (Å²) >= 11 is 0. The minimum absolute atomic E-state index is 0.234. The summed E-state index contributed by atoms with van der Waals surface area (Å²) in [5.41, 5.74) is 5.90. The molecule has 0 bridgehead atoms. The number of hydrazine groups is 1. The number of pyridine rings is 1. The van der Waals surface area contributed by atoms with E-state index < -0.39 is 41.3 Å².